The van der Waals surface area contributed by atoms with E-state index >= 15 is 0 Å². The molecule has 14 heavy (non-hydrogen) atoms. The number of urea groups is 1. The largest absolute Gasteiger partial charge is 0.335 e. The molecule has 1 saturated carbocycles. The van der Waals surface area contributed by atoms with Gasteiger partial charge in [-0.1, -0.05) is 11.6 Å². The van der Waals surface area contributed by atoms with Gasteiger partial charge in [-0.3, -0.25) is 0 Å². The summed E-state index contributed by atoms with van der Waals surface area (Å²) < 4.78 is 0. The topological polar surface area (TPSA) is 54.0 Å². The lowest BCUT2D eigenvalue weighted by atomic mass is 10.4. The van der Waals surface area contributed by atoms with Crippen LogP contribution in [0.15, 0.2) is 18.3 Å². The molecule has 1 heterocycles. The molecule has 1 fully saturated rings. The SMILES string of the molecule is O=C(Nc1ccc(Cl)nc1)NC1CC1. The number of aromatic nitrogens is 1. The lowest BCUT2D eigenvalue weighted by Gasteiger charge is -2.05. The number of rotatable bonds is 2. The van der Waals surface area contributed by atoms with E-state index in [0.717, 1.165) is 12.8 Å². The number of carbonyl (C=O) groups is 1. The van der Waals surface area contributed by atoms with Crippen molar-refractivity contribution in [3.05, 3.63) is 23.5 Å². The summed E-state index contributed by atoms with van der Waals surface area (Å²) in [5.41, 5.74) is 0.646. The fourth-order valence-corrected chi connectivity index (χ4v) is 1.14. The van der Waals surface area contributed by atoms with Gasteiger partial charge in [0.1, 0.15) is 5.15 Å². The average molecular weight is 212 g/mol. The molecule has 0 atom stereocenters. The van der Waals surface area contributed by atoms with Crippen LogP contribution in [0.2, 0.25) is 5.15 Å². The van der Waals surface area contributed by atoms with E-state index in [0.29, 0.717) is 16.9 Å². The smallest absolute Gasteiger partial charge is 0.319 e. The van der Waals surface area contributed by atoms with E-state index in [1.165, 1.54) is 6.20 Å². The third kappa shape index (κ3) is 2.60. The highest BCUT2D eigenvalue weighted by molar-refractivity contribution is 6.29. The van der Waals surface area contributed by atoms with E-state index in [9.17, 15) is 4.79 Å². The van der Waals surface area contributed by atoms with Crippen LogP contribution in [0, 0.1) is 0 Å². The van der Waals surface area contributed by atoms with Crippen molar-refractivity contribution >= 4 is 23.3 Å². The van der Waals surface area contributed by atoms with E-state index in [-0.39, 0.29) is 6.03 Å². The molecule has 0 aromatic carbocycles. The number of hydrogen-bond donors (Lipinski definition) is 2. The monoisotopic (exact) mass is 211 g/mol. The molecule has 5 heteroatoms. The van der Waals surface area contributed by atoms with Crippen molar-refractivity contribution in [2.75, 3.05) is 5.32 Å². The highest BCUT2D eigenvalue weighted by atomic mass is 35.5. The van der Waals surface area contributed by atoms with E-state index in [1.54, 1.807) is 12.1 Å². The van der Waals surface area contributed by atoms with Gasteiger partial charge in [0.05, 0.1) is 11.9 Å². The molecule has 1 aromatic heterocycles. The molecule has 1 aliphatic carbocycles. The van der Waals surface area contributed by atoms with Crippen LogP contribution >= 0.6 is 11.6 Å². The van der Waals surface area contributed by atoms with Gasteiger partial charge in [-0.25, -0.2) is 9.78 Å². The molecule has 2 N–H and O–H groups in total. The third-order valence-corrected chi connectivity index (χ3v) is 2.12. The summed E-state index contributed by atoms with van der Waals surface area (Å²) in [5, 5.41) is 5.89. The molecule has 0 bridgehead atoms. The molecular formula is C9H10ClN3O. The number of amides is 2. The van der Waals surface area contributed by atoms with Crippen LogP contribution in [0.4, 0.5) is 10.5 Å². The van der Waals surface area contributed by atoms with E-state index in [2.05, 4.69) is 15.6 Å². The van der Waals surface area contributed by atoms with Crippen LogP contribution in [0.1, 0.15) is 12.8 Å². The van der Waals surface area contributed by atoms with E-state index < -0.39 is 0 Å². The van der Waals surface area contributed by atoms with Gasteiger partial charge in [-0.2, -0.15) is 0 Å². The number of anilines is 1. The number of carbonyl (C=O) groups excluding carboxylic acids is 1. The molecule has 0 unspecified atom stereocenters. The Kier molecular flexibility index (Phi) is 2.54. The molecule has 0 aliphatic heterocycles. The highest BCUT2D eigenvalue weighted by Gasteiger charge is 2.23. The Balaban J connectivity index is 1.89. The Morgan fingerprint density at radius 2 is 2.29 bits per heavy atom. The van der Waals surface area contributed by atoms with Crippen molar-refractivity contribution in [1.82, 2.24) is 10.3 Å². The Labute approximate surface area is 86.7 Å². The first kappa shape index (κ1) is 9.27. The van der Waals surface area contributed by atoms with Crippen molar-refractivity contribution in [2.45, 2.75) is 18.9 Å². The molecule has 4 nitrogen and oxygen atoms in total. The molecule has 2 rings (SSSR count). The predicted molar refractivity (Wildman–Crippen MR) is 54.4 cm³/mol. The third-order valence-electron chi connectivity index (χ3n) is 1.90. The van der Waals surface area contributed by atoms with Gasteiger partial charge < -0.3 is 10.6 Å². The Hall–Kier alpha value is -1.29. The average Bonchev–Trinajstić information content (AvgIpc) is 2.93. The number of pyridine rings is 1. The maximum atomic E-state index is 11.3. The van der Waals surface area contributed by atoms with Crippen molar-refractivity contribution < 1.29 is 4.79 Å². The van der Waals surface area contributed by atoms with Gasteiger partial charge >= 0.3 is 6.03 Å². The summed E-state index contributed by atoms with van der Waals surface area (Å²) >= 11 is 5.60. The fourth-order valence-electron chi connectivity index (χ4n) is 1.03. The van der Waals surface area contributed by atoms with Crippen LogP contribution in [-0.4, -0.2) is 17.1 Å². The quantitative estimate of drug-likeness (QED) is 0.736. The zero-order chi connectivity index (χ0) is 9.97. The molecule has 0 radical (unpaired) electrons. The summed E-state index contributed by atoms with van der Waals surface area (Å²) in [4.78, 5) is 15.1. The zero-order valence-corrected chi connectivity index (χ0v) is 8.21. The fraction of sp³-hybridized carbons (Fsp3) is 0.333. The number of nitrogens with one attached hydrogen (secondary N) is 2. The van der Waals surface area contributed by atoms with Crippen molar-refractivity contribution in [3.63, 3.8) is 0 Å². The van der Waals surface area contributed by atoms with Crippen molar-refractivity contribution in [2.24, 2.45) is 0 Å². The van der Waals surface area contributed by atoms with Crippen LogP contribution in [-0.2, 0) is 0 Å². The maximum absolute atomic E-state index is 11.3. The first-order valence-electron chi connectivity index (χ1n) is 4.43. The van der Waals surface area contributed by atoms with Crippen LogP contribution in [0.5, 0.6) is 0 Å². The standard InChI is InChI=1S/C9H10ClN3O/c10-8-4-3-7(5-11-8)13-9(14)12-6-1-2-6/h3-6H,1-2H2,(H2,12,13,14). The summed E-state index contributed by atoms with van der Waals surface area (Å²) in [7, 11) is 0. The molecular weight excluding hydrogens is 202 g/mol. The minimum absolute atomic E-state index is 0.184. The maximum Gasteiger partial charge on any atom is 0.319 e. The second-order valence-corrected chi connectivity index (χ2v) is 3.63. The van der Waals surface area contributed by atoms with Crippen molar-refractivity contribution in [1.29, 1.82) is 0 Å². The summed E-state index contributed by atoms with van der Waals surface area (Å²) in [6.45, 7) is 0. The predicted octanol–water partition coefficient (Wildman–Crippen LogP) is 2.02. The van der Waals surface area contributed by atoms with Gasteiger partial charge in [-0.05, 0) is 25.0 Å². The minimum atomic E-state index is -0.184. The van der Waals surface area contributed by atoms with Crippen LogP contribution in [0.25, 0.3) is 0 Å². The first-order chi connectivity index (χ1) is 6.74. The molecule has 0 saturated heterocycles. The van der Waals surface area contributed by atoms with Gasteiger partial charge in [0.2, 0.25) is 0 Å². The minimum Gasteiger partial charge on any atom is -0.335 e. The van der Waals surface area contributed by atoms with E-state index in [4.69, 9.17) is 11.6 Å². The van der Waals surface area contributed by atoms with E-state index in [1.807, 2.05) is 0 Å². The van der Waals surface area contributed by atoms with Crippen LogP contribution < -0.4 is 10.6 Å². The molecule has 2 amide bonds. The van der Waals surface area contributed by atoms with Gasteiger partial charge in [0.25, 0.3) is 0 Å². The Bertz CT molecular complexity index is 334. The summed E-state index contributed by atoms with van der Waals surface area (Å²) in [6, 6.07) is 3.52. The van der Waals surface area contributed by atoms with Gasteiger partial charge in [-0.15, -0.1) is 0 Å². The zero-order valence-electron chi connectivity index (χ0n) is 7.46. The molecule has 74 valence electrons. The lowest BCUT2D eigenvalue weighted by Crippen LogP contribution is -2.30. The lowest BCUT2D eigenvalue weighted by molar-refractivity contribution is 0.251. The van der Waals surface area contributed by atoms with Gasteiger partial charge in [0, 0.05) is 6.04 Å². The molecule has 1 aliphatic rings. The normalized spacial score (nSPS) is 14.9. The second kappa shape index (κ2) is 3.84. The highest BCUT2D eigenvalue weighted by Crippen LogP contribution is 2.18. The molecule has 0 spiro atoms. The number of nitrogens with zero attached hydrogens (tertiary/aromatic N) is 1. The summed E-state index contributed by atoms with van der Waals surface area (Å²) in [6.07, 6.45) is 3.67. The Morgan fingerprint density at radius 1 is 1.50 bits per heavy atom. The number of hydrogen-bond acceptors (Lipinski definition) is 2. The van der Waals surface area contributed by atoms with Gasteiger partial charge in [0.15, 0.2) is 0 Å². The van der Waals surface area contributed by atoms with Crippen LogP contribution in [0.3, 0.4) is 0 Å². The second-order valence-electron chi connectivity index (χ2n) is 3.24. The first-order valence-corrected chi connectivity index (χ1v) is 4.81. The number of halogens is 1. The summed E-state index contributed by atoms with van der Waals surface area (Å²) in [5.74, 6) is 0. The molecule has 1 aromatic rings. The van der Waals surface area contributed by atoms with Crippen molar-refractivity contribution in [3.8, 4) is 0 Å². The Morgan fingerprint density at radius 3 is 2.86 bits per heavy atom.